The zero-order valence-corrected chi connectivity index (χ0v) is 11.5. The summed E-state index contributed by atoms with van der Waals surface area (Å²) in [5, 5.41) is 0. The molecular weight excluding hydrogens is 250 g/mol. The Hall–Kier alpha value is -1.81. The van der Waals surface area contributed by atoms with E-state index in [-0.39, 0.29) is 5.78 Å². The van der Waals surface area contributed by atoms with Crippen molar-refractivity contribution in [2.24, 2.45) is 15.7 Å². The molecule has 0 amide bonds. The summed E-state index contributed by atoms with van der Waals surface area (Å²) < 4.78 is 0. The molecule has 1 aliphatic heterocycles. The molecule has 105 valence electrons. The van der Waals surface area contributed by atoms with Crippen LogP contribution < -0.4 is 5.73 Å². The van der Waals surface area contributed by atoms with E-state index in [1.54, 1.807) is 18.9 Å². The number of hydrogen-bond acceptors (Lipinski definition) is 4. The van der Waals surface area contributed by atoms with Gasteiger partial charge in [-0.05, 0) is 24.9 Å². The van der Waals surface area contributed by atoms with E-state index in [2.05, 4.69) is 9.98 Å². The highest BCUT2D eigenvalue weighted by molar-refractivity contribution is 6.20. The second-order valence-electron chi connectivity index (χ2n) is 4.89. The Balaban J connectivity index is 2.01. The molecule has 0 spiro atoms. The van der Waals surface area contributed by atoms with Crippen LogP contribution in [-0.2, 0) is 11.2 Å². The predicted molar refractivity (Wildman–Crippen MR) is 82.1 cm³/mol. The van der Waals surface area contributed by atoms with Crippen LogP contribution in [0.2, 0.25) is 0 Å². The number of unbranched alkanes of at least 4 members (excludes halogenated alkanes) is 2. The minimum absolute atomic E-state index is 0.0247. The van der Waals surface area contributed by atoms with Gasteiger partial charge in [-0.2, -0.15) is 0 Å². The summed E-state index contributed by atoms with van der Waals surface area (Å²) in [6, 6.07) is 9.86. The summed E-state index contributed by atoms with van der Waals surface area (Å²) in [5.74, 6) is -0.0247. The minimum atomic E-state index is -0.982. The van der Waals surface area contributed by atoms with Gasteiger partial charge in [-0.3, -0.25) is 14.8 Å². The third kappa shape index (κ3) is 3.61. The normalized spacial score (nSPS) is 15.7. The number of carbonyl (C=O) groups is 1. The van der Waals surface area contributed by atoms with Gasteiger partial charge in [-0.25, -0.2) is 0 Å². The summed E-state index contributed by atoms with van der Waals surface area (Å²) in [6.07, 6.45) is 8.02. The van der Waals surface area contributed by atoms with Crippen LogP contribution in [0.15, 0.2) is 40.3 Å². The Morgan fingerprint density at radius 3 is 2.50 bits per heavy atom. The lowest BCUT2D eigenvalue weighted by molar-refractivity contribution is -0.120. The van der Waals surface area contributed by atoms with Crippen molar-refractivity contribution in [3.05, 3.63) is 42.3 Å². The van der Waals surface area contributed by atoms with Crippen LogP contribution in [0.5, 0.6) is 0 Å². The first-order valence-electron chi connectivity index (χ1n) is 6.97. The summed E-state index contributed by atoms with van der Waals surface area (Å²) in [7, 11) is 0. The fourth-order valence-corrected chi connectivity index (χ4v) is 2.22. The highest BCUT2D eigenvalue weighted by atomic mass is 16.1. The van der Waals surface area contributed by atoms with Crippen molar-refractivity contribution < 1.29 is 4.79 Å². The van der Waals surface area contributed by atoms with Gasteiger partial charge in [0.2, 0.25) is 5.66 Å². The lowest BCUT2D eigenvalue weighted by Gasteiger charge is -2.21. The number of ketones is 1. The minimum Gasteiger partial charge on any atom is -0.330 e. The Morgan fingerprint density at radius 1 is 1.15 bits per heavy atom. The molecule has 0 bridgehead atoms. The van der Waals surface area contributed by atoms with Crippen molar-refractivity contribution in [2.45, 2.75) is 31.3 Å². The molecule has 0 saturated heterocycles. The van der Waals surface area contributed by atoms with E-state index >= 15 is 0 Å². The van der Waals surface area contributed by atoms with Gasteiger partial charge in [0.05, 0.1) is 0 Å². The van der Waals surface area contributed by atoms with E-state index < -0.39 is 5.66 Å². The van der Waals surface area contributed by atoms with Crippen molar-refractivity contribution in [3.8, 4) is 0 Å². The van der Waals surface area contributed by atoms with E-state index in [1.165, 1.54) is 0 Å². The first-order valence-corrected chi connectivity index (χ1v) is 6.97. The Kier molecular flexibility index (Phi) is 5.18. The van der Waals surface area contributed by atoms with Gasteiger partial charge < -0.3 is 5.73 Å². The molecule has 0 aromatic heterocycles. The highest BCUT2D eigenvalue weighted by Crippen LogP contribution is 2.25. The first-order chi connectivity index (χ1) is 9.77. The van der Waals surface area contributed by atoms with Crippen molar-refractivity contribution in [2.75, 3.05) is 6.54 Å². The van der Waals surface area contributed by atoms with Gasteiger partial charge in [0, 0.05) is 25.3 Å². The maximum absolute atomic E-state index is 12.4. The second-order valence-corrected chi connectivity index (χ2v) is 4.89. The number of hydrogen-bond donors (Lipinski definition) is 1. The molecule has 1 heterocycles. The topological polar surface area (TPSA) is 67.8 Å². The molecule has 1 aromatic rings. The predicted octanol–water partition coefficient (Wildman–Crippen LogP) is 1.98. The van der Waals surface area contributed by atoms with Crippen LogP contribution >= 0.6 is 0 Å². The zero-order chi connectivity index (χ0) is 14.3. The van der Waals surface area contributed by atoms with Crippen molar-refractivity contribution in [1.82, 2.24) is 0 Å². The molecule has 4 heteroatoms. The molecule has 1 aliphatic rings. The van der Waals surface area contributed by atoms with Gasteiger partial charge in [0.25, 0.3) is 0 Å². The van der Waals surface area contributed by atoms with Crippen LogP contribution in [0.3, 0.4) is 0 Å². The molecule has 4 nitrogen and oxygen atoms in total. The molecule has 2 rings (SSSR count). The van der Waals surface area contributed by atoms with Crippen molar-refractivity contribution in [3.63, 3.8) is 0 Å². The number of nitrogens with two attached hydrogens (primary N) is 1. The Bertz CT molecular complexity index is 482. The molecule has 2 N–H and O–H groups in total. The molecule has 0 unspecified atom stereocenters. The second kappa shape index (κ2) is 7.10. The zero-order valence-electron chi connectivity index (χ0n) is 11.5. The molecule has 0 aliphatic carbocycles. The summed E-state index contributed by atoms with van der Waals surface area (Å²) in [6.45, 7) is 0.660. The van der Waals surface area contributed by atoms with Crippen molar-refractivity contribution in [1.29, 1.82) is 0 Å². The smallest absolute Gasteiger partial charge is 0.212 e. The van der Waals surface area contributed by atoms with E-state index in [4.69, 9.17) is 5.73 Å². The van der Waals surface area contributed by atoms with E-state index in [9.17, 15) is 4.79 Å². The number of Topliss-reactive ketones (excluding diaryl/α,β-unsaturated/α-hetero) is 1. The molecule has 0 saturated carbocycles. The van der Waals surface area contributed by atoms with Crippen LogP contribution in [0.25, 0.3) is 0 Å². The number of aliphatic imine (C=N–C) groups is 2. The van der Waals surface area contributed by atoms with Crippen LogP contribution in [0.4, 0.5) is 0 Å². The maximum atomic E-state index is 12.4. The lowest BCUT2D eigenvalue weighted by atomic mass is 9.93. The van der Waals surface area contributed by atoms with Gasteiger partial charge in [-0.15, -0.1) is 0 Å². The van der Waals surface area contributed by atoms with Gasteiger partial charge in [0.1, 0.15) is 0 Å². The molecule has 0 fully saturated rings. The first kappa shape index (κ1) is 14.6. The molecule has 1 aromatic carbocycles. The van der Waals surface area contributed by atoms with Crippen LogP contribution in [0, 0.1) is 6.42 Å². The quantitative estimate of drug-likeness (QED) is 0.734. The lowest BCUT2D eigenvalue weighted by Crippen LogP contribution is -2.36. The van der Waals surface area contributed by atoms with Gasteiger partial charge >= 0.3 is 0 Å². The third-order valence-corrected chi connectivity index (χ3v) is 3.32. The SMILES string of the molecule is NCCCC[CH]C(=O)C1(Cc2ccccc2)N=CC=N1. The van der Waals surface area contributed by atoms with E-state index in [1.807, 2.05) is 30.3 Å². The van der Waals surface area contributed by atoms with E-state index in [0.29, 0.717) is 13.0 Å². The standard InChI is InChI=1S/C16H20N3O/c17-10-6-2-5-9-15(20)16(18-11-12-19-16)13-14-7-3-1-4-8-14/h1,3-4,7-9,11-12H,2,5-6,10,13,17H2. The fraction of sp³-hybridized carbons (Fsp3) is 0.375. The van der Waals surface area contributed by atoms with E-state index in [0.717, 1.165) is 24.8 Å². The van der Waals surface area contributed by atoms with Crippen LogP contribution in [0.1, 0.15) is 24.8 Å². The number of rotatable bonds is 8. The van der Waals surface area contributed by atoms with Gasteiger partial charge in [-0.1, -0.05) is 36.8 Å². The number of nitrogens with zero attached hydrogens (tertiary/aromatic N) is 2. The molecular formula is C16H20N3O. The largest absolute Gasteiger partial charge is 0.330 e. The molecule has 20 heavy (non-hydrogen) atoms. The Morgan fingerprint density at radius 2 is 1.85 bits per heavy atom. The average molecular weight is 270 g/mol. The molecule has 1 radical (unpaired) electrons. The number of carbonyl (C=O) groups excluding carboxylic acids is 1. The van der Waals surface area contributed by atoms with Crippen LogP contribution in [-0.4, -0.2) is 30.4 Å². The summed E-state index contributed by atoms with van der Waals surface area (Å²) >= 11 is 0. The monoisotopic (exact) mass is 270 g/mol. The average Bonchev–Trinajstić information content (AvgIpc) is 2.94. The van der Waals surface area contributed by atoms with Gasteiger partial charge in [0.15, 0.2) is 5.78 Å². The molecule has 0 atom stereocenters. The fourth-order valence-electron chi connectivity index (χ4n) is 2.22. The number of benzene rings is 1. The maximum Gasteiger partial charge on any atom is 0.212 e. The summed E-state index contributed by atoms with van der Waals surface area (Å²) in [4.78, 5) is 21.0. The summed E-state index contributed by atoms with van der Waals surface area (Å²) in [5.41, 5.74) is 5.53. The van der Waals surface area contributed by atoms with Crippen molar-refractivity contribution >= 4 is 18.2 Å². The highest BCUT2D eigenvalue weighted by Gasteiger charge is 2.37. The Labute approximate surface area is 119 Å². The third-order valence-electron chi connectivity index (χ3n) is 3.32.